The van der Waals surface area contributed by atoms with Gasteiger partial charge in [-0.1, -0.05) is 12.1 Å². The summed E-state index contributed by atoms with van der Waals surface area (Å²) in [6.07, 6.45) is 2.98. The molecule has 0 bridgehead atoms. The van der Waals surface area contributed by atoms with Gasteiger partial charge < -0.3 is 26.0 Å². The standard InChI is InChI=1S/C26H33N9O2/c1-26(2,3)37-25(36)29-14-4-13-28-21-16-22(31-23-15-20(34-35-23)18-7-8-18)33-24(32-21)30-19-9-5-17(6-10-19)11-12-27/h5-6,9-10,15-16,18H,4,7-8,11,13-14H2,1-3H3,(H,29,36)(H4,28,30,31,32,33,34,35). The average molecular weight is 504 g/mol. The van der Waals surface area contributed by atoms with Crippen molar-refractivity contribution >= 4 is 35.2 Å². The summed E-state index contributed by atoms with van der Waals surface area (Å²) in [5.74, 6) is 2.88. The summed E-state index contributed by atoms with van der Waals surface area (Å²) in [6, 6.07) is 13.5. The zero-order valence-corrected chi connectivity index (χ0v) is 21.4. The predicted octanol–water partition coefficient (Wildman–Crippen LogP) is 4.96. The number of carbonyl (C=O) groups is 1. The monoisotopic (exact) mass is 503 g/mol. The first-order valence-electron chi connectivity index (χ1n) is 12.4. The van der Waals surface area contributed by atoms with E-state index in [0.717, 1.165) is 16.9 Å². The maximum atomic E-state index is 11.8. The van der Waals surface area contributed by atoms with Crippen LogP contribution < -0.4 is 21.3 Å². The second-order valence-electron chi connectivity index (χ2n) is 9.94. The number of aromatic nitrogens is 4. The number of carbonyl (C=O) groups excluding carboxylic acids is 1. The molecule has 11 heteroatoms. The third-order valence-electron chi connectivity index (χ3n) is 5.42. The number of rotatable bonds is 11. The lowest BCUT2D eigenvalue weighted by Gasteiger charge is -2.19. The van der Waals surface area contributed by atoms with Crippen molar-refractivity contribution in [3.05, 3.63) is 47.7 Å². The predicted molar refractivity (Wildman–Crippen MR) is 142 cm³/mol. The molecule has 4 rings (SSSR count). The highest BCUT2D eigenvalue weighted by Gasteiger charge is 2.25. The van der Waals surface area contributed by atoms with E-state index in [1.807, 2.05) is 57.2 Å². The first-order chi connectivity index (χ1) is 17.8. The number of ether oxygens (including phenoxy) is 1. The number of nitrogens with one attached hydrogen (secondary N) is 5. The Hall–Kier alpha value is -4.33. The van der Waals surface area contributed by atoms with Crippen molar-refractivity contribution in [1.29, 1.82) is 5.26 Å². The van der Waals surface area contributed by atoms with Crippen molar-refractivity contribution in [2.24, 2.45) is 0 Å². The molecule has 0 saturated heterocycles. The highest BCUT2D eigenvalue weighted by molar-refractivity contribution is 5.67. The van der Waals surface area contributed by atoms with Crippen LogP contribution in [0.1, 0.15) is 57.2 Å². The summed E-state index contributed by atoms with van der Waals surface area (Å²) in [5.41, 5.74) is 2.35. The fraction of sp³-hybridized carbons (Fsp3) is 0.423. The van der Waals surface area contributed by atoms with Crippen LogP contribution in [0.3, 0.4) is 0 Å². The van der Waals surface area contributed by atoms with Crippen molar-refractivity contribution in [2.75, 3.05) is 29.0 Å². The lowest BCUT2D eigenvalue weighted by Crippen LogP contribution is -2.33. The number of anilines is 5. The van der Waals surface area contributed by atoms with Crippen LogP contribution in [0.5, 0.6) is 0 Å². The van der Waals surface area contributed by atoms with E-state index in [2.05, 4.69) is 47.5 Å². The summed E-state index contributed by atoms with van der Waals surface area (Å²) in [4.78, 5) is 21.0. The zero-order chi connectivity index (χ0) is 26.3. The van der Waals surface area contributed by atoms with E-state index in [0.29, 0.717) is 55.3 Å². The number of hydrogen-bond acceptors (Lipinski definition) is 9. The highest BCUT2D eigenvalue weighted by Crippen LogP contribution is 2.39. The SMILES string of the molecule is CC(C)(C)OC(=O)NCCCNc1cc(Nc2cc(C3CC3)[nH]n2)nc(Nc2ccc(CC#N)cc2)n1. The van der Waals surface area contributed by atoms with E-state index in [-0.39, 0.29) is 0 Å². The lowest BCUT2D eigenvalue weighted by molar-refractivity contribution is 0.0528. The van der Waals surface area contributed by atoms with E-state index < -0.39 is 11.7 Å². The summed E-state index contributed by atoms with van der Waals surface area (Å²) < 4.78 is 5.26. The van der Waals surface area contributed by atoms with Crippen molar-refractivity contribution < 1.29 is 9.53 Å². The molecule has 1 amide bonds. The van der Waals surface area contributed by atoms with Gasteiger partial charge in [-0.05, 0) is 57.7 Å². The molecule has 0 unspecified atom stereocenters. The highest BCUT2D eigenvalue weighted by atomic mass is 16.6. The van der Waals surface area contributed by atoms with Crippen LogP contribution in [0.2, 0.25) is 0 Å². The molecule has 3 aromatic rings. The number of nitriles is 1. The molecule has 1 aliphatic carbocycles. The fourth-order valence-corrected chi connectivity index (χ4v) is 3.53. The van der Waals surface area contributed by atoms with Crippen LogP contribution >= 0.6 is 0 Å². The van der Waals surface area contributed by atoms with Gasteiger partial charge in [0.15, 0.2) is 5.82 Å². The Morgan fingerprint density at radius 3 is 2.54 bits per heavy atom. The molecule has 1 saturated carbocycles. The van der Waals surface area contributed by atoms with Gasteiger partial charge in [0.05, 0.1) is 12.5 Å². The molecule has 1 aliphatic rings. The summed E-state index contributed by atoms with van der Waals surface area (Å²) in [7, 11) is 0. The molecule has 11 nitrogen and oxygen atoms in total. The summed E-state index contributed by atoms with van der Waals surface area (Å²) in [5, 5.41) is 28.9. The Bertz CT molecular complexity index is 1240. The number of nitrogens with zero attached hydrogens (tertiary/aromatic N) is 4. The fourth-order valence-electron chi connectivity index (χ4n) is 3.53. The van der Waals surface area contributed by atoms with Crippen LogP contribution in [0.25, 0.3) is 0 Å². The van der Waals surface area contributed by atoms with Crippen molar-refractivity contribution in [1.82, 2.24) is 25.5 Å². The molecule has 37 heavy (non-hydrogen) atoms. The average Bonchev–Trinajstić information content (AvgIpc) is 3.58. The van der Waals surface area contributed by atoms with Gasteiger partial charge in [0.25, 0.3) is 0 Å². The Labute approximate surface area is 216 Å². The van der Waals surface area contributed by atoms with Crippen LogP contribution in [0, 0.1) is 11.3 Å². The second kappa shape index (κ2) is 11.6. The quantitative estimate of drug-likeness (QED) is 0.229. The van der Waals surface area contributed by atoms with Crippen molar-refractivity contribution in [2.45, 2.75) is 58.0 Å². The zero-order valence-electron chi connectivity index (χ0n) is 21.4. The molecule has 1 fully saturated rings. The molecule has 2 aromatic heterocycles. The van der Waals surface area contributed by atoms with Gasteiger partial charge in [0.1, 0.15) is 17.2 Å². The molecular weight excluding hydrogens is 470 g/mol. The third-order valence-corrected chi connectivity index (χ3v) is 5.42. The van der Waals surface area contributed by atoms with Gasteiger partial charge in [0.2, 0.25) is 5.95 Å². The molecule has 194 valence electrons. The number of hydrogen-bond donors (Lipinski definition) is 5. The van der Waals surface area contributed by atoms with Gasteiger partial charge in [-0.15, -0.1) is 0 Å². The van der Waals surface area contributed by atoms with E-state index in [1.54, 1.807) is 0 Å². The minimum Gasteiger partial charge on any atom is -0.444 e. The maximum Gasteiger partial charge on any atom is 0.407 e. The Morgan fingerprint density at radius 1 is 1.08 bits per heavy atom. The van der Waals surface area contributed by atoms with Gasteiger partial charge in [-0.3, -0.25) is 5.10 Å². The van der Waals surface area contributed by atoms with Gasteiger partial charge >= 0.3 is 6.09 Å². The van der Waals surface area contributed by atoms with Crippen LogP contribution in [-0.2, 0) is 11.2 Å². The molecule has 0 atom stereocenters. The van der Waals surface area contributed by atoms with Crippen LogP contribution in [-0.4, -0.2) is 44.9 Å². The molecule has 0 spiro atoms. The molecule has 0 aliphatic heterocycles. The van der Waals surface area contributed by atoms with Gasteiger partial charge in [-0.2, -0.15) is 20.3 Å². The van der Waals surface area contributed by atoms with Gasteiger partial charge in [0, 0.05) is 42.5 Å². The number of amides is 1. The second-order valence-corrected chi connectivity index (χ2v) is 9.94. The van der Waals surface area contributed by atoms with E-state index in [4.69, 9.17) is 10.00 Å². The summed E-state index contributed by atoms with van der Waals surface area (Å²) in [6.45, 7) is 6.54. The van der Waals surface area contributed by atoms with Gasteiger partial charge in [-0.25, -0.2) is 4.79 Å². The first-order valence-corrected chi connectivity index (χ1v) is 12.4. The number of H-pyrrole nitrogens is 1. The van der Waals surface area contributed by atoms with E-state index in [1.165, 1.54) is 12.8 Å². The Balaban J connectivity index is 1.40. The molecular formula is C26H33N9O2. The van der Waals surface area contributed by atoms with E-state index >= 15 is 0 Å². The van der Waals surface area contributed by atoms with E-state index in [9.17, 15) is 4.79 Å². The summed E-state index contributed by atoms with van der Waals surface area (Å²) >= 11 is 0. The Kier molecular flexibility index (Phi) is 8.08. The maximum absolute atomic E-state index is 11.8. The largest absolute Gasteiger partial charge is 0.444 e. The topological polar surface area (TPSA) is 153 Å². The molecule has 0 radical (unpaired) electrons. The van der Waals surface area contributed by atoms with Crippen LogP contribution in [0.4, 0.5) is 33.9 Å². The molecule has 5 N–H and O–H groups in total. The first kappa shape index (κ1) is 25.8. The number of benzene rings is 1. The van der Waals surface area contributed by atoms with Crippen LogP contribution in [0.15, 0.2) is 36.4 Å². The minimum atomic E-state index is -0.528. The lowest BCUT2D eigenvalue weighted by atomic mass is 10.1. The third kappa shape index (κ3) is 8.38. The minimum absolute atomic E-state index is 0.361. The molecule has 2 heterocycles. The van der Waals surface area contributed by atoms with Crippen molar-refractivity contribution in [3.63, 3.8) is 0 Å². The van der Waals surface area contributed by atoms with Crippen molar-refractivity contribution in [3.8, 4) is 6.07 Å². The number of aromatic amines is 1. The number of alkyl carbamates (subject to hydrolysis) is 1. The Morgan fingerprint density at radius 2 is 1.84 bits per heavy atom. The molecule has 1 aromatic carbocycles. The smallest absolute Gasteiger partial charge is 0.407 e. The normalized spacial score (nSPS) is 12.9.